The first-order valence-corrected chi connectivity index (χ1v) is 10.8. The third kappa shape index (κ3) is 4.44. The van der Waals surface area contributed by atoms with Gasteiger partial charge in [-0.15, -0.1) is 0 Å². The van der Waals surface area contributed by atoms with Crippen LogP contribution in [0.5, 0.6) is 11.5 Å². The van der Waals surface area contributed by atoms with Gasteiger partial charge in [0, 0.05) is 19.1 Å². The summed E-state index contributed by atoms with van der Waals surface area (Å²) in [7, 11) is 1.70. The maximum atomic E-state index is 10.8. The fraction of sp³-hybridized carbons (Fsp3) is 0.520. The maximum Gasteiger partial charge on any atom is 0.161 e. The standard InChI is InChI=1S/C25H33NO3/c1-17(2)11-20-15-26-10-9-19-12-25(29-16-18-7-5-4-6-8-18)24(28-3)13-21(19)22(26)14-23(20)27/h4-8,12-13,17,20,22-23,27H,9-11,14-16H2,1-3H3/t20-,22+,23-/m1/s1. The third-order valence-corrected chi connectivity index (χ3v) is 6.38. The van der Waals surface area contributed by atoms with Gasteiger partial charge in [0.05, 0.1) is 13.2 Å². The predicted molar refractivity (Wildman–Crippen MR) is 115 cm³/mol. The van der Waals surface area contributed by atoms with Gasteiger partial charge in [0.2, 0.25) is 0 Å². The number of nitrogens with zero attached hydrogens (tertiary/aromatic N) is 1. The van der Waals surface area contributed by atoms with E-state index in [0.717, 1.165) is 49.4 Å². The quantitative estimate of drug-likeness (QED) is 0.776. The minimum absolute atomic E-state index is 0.232. The molecule has 0 radical (unpaired) electrons. The predicted octanol–water partition coefficient (Wildman–Crippen LogP) is 4.60. The second-order valence-corrected chi connectivity index (χ2v) is 8.93. The molecule has 1 N–H and O–H groups in total. The Morgan fingerprint density at radius 3 is 2.66 bits per heavy atom. The molecule has 4 heteroatoms. The first-order valence-electron chi connectivity index (χ1n) is 10.8. The van der Waals surface area contributed by atoms with Gasteiger partial charge in [0.1, 0.15) is 6.61 Å². The maximum absolute atomic E-state index is 10.8. The highest BCUT2D eigenvalue weighted by molar-refractivity contribution is 5.49. The molecule has 3 atom stereocenters. The van der Waals surface area contributed by atoms with Crippen LogP contribution < -0.4 is 9.47 Å². The zero-order chi connectivity index (χ0) is 20.4. The van der Waals surface area contributed by atoms with E-state index in [1.165, 1.54) is 11.1 Å². The van der Waals surface area contributed by atoms with Crippen molar-refractivity contribution in [2.45, 2.75) is 51.9 Å². The van der Waals surface area contributed by atoms with Crippen LogP contribution >= 0.6 is 0 Å². The van der Waals surface area contributed by atoms with Gasteiger partial charge < -0.3 is 14.6 Å². The van der Waals surface area contributed by atoms with Crippen molar-refractivity contribution in [3.05, 3.63) is 59.2 Å². The molecule has 2 heterocycles. The molecule has 2 aliphatic rings. The fourth-order valence-corrected chi connectivity index (χ4v) is 4.94. The number of ether oxygens (including phenoxy) is 2. The van der Waals surface area contributed by atoms with E-state index in [2.05, 4.69) is 43.0 Å². The lowest BCUT2D eigenvalue weighted by atomic mass is 9.79. The van der Waals surface area contributed by atoms with Gasteiger partial charge in [-0.25, -0.2) is 0 Å². The minimum Gasteiger partial charge on any atom is -0.493 e. The molecule has 0 unspecified atom stereocenters. The molecule has 1 saturated heterocycles. The van der Waals surface area contributed by atoms with Crippen LogP contribution in [-0.4, -0.2) is 36.3 Å². The van der Waals surface area contributed by atoms with Gasteiger partial charge in [-0.1, -0.05) is 44.2 Å². The van der Waals surface area contributed by atoms with E-state index in [-0.39, 0.29) is 12.1 Å². The molecule has 0 aromatic heterocycles. The Bertz CT molecular complexity index is 820. The molecular weight excluding hydrogens is 362 g/mol. The normalized spacial score (nSPS) is 24.1. The van der Waals surface area contributed by atoms with Gasteiger partial charge in [-0.2, -0.15) is 0 Å². The van der Waals surface area contributed by atoms with E-state index in [0.29, 0.717) is 18.4 Å². The van der Waals surface area contributed by atoms with E-state index in [9.17, 15) is 5.11 Å². The average molecular weight is 396 g/mol. The Labute approximate surface area is 174 Å². The highest BCUT2D eigenvalue weighted by Gasteiger charge is 2.38. The zero-order valence-electron chi connectivity index (χ0n) is 17.8. The molecule has 0 bridgehead atoms. The number of aliphatic hydroxyl groups excluding tert-OH is 1. The summed E-state index contributed by atoms with van der Waals surface area (Å²) in [6.45, 7) is 7.04. The van der Waals surface area contributed by atoms with Crippen molar-refractivity contribution < 1.29 is 14.6 Å². The molecule has 29 heavy (non-hydrogen) atoms. The SMILES string of the molecule is COc1cc2c(cc1OCc1ccccc1)CCN1C[C@@H](CC(C)C)[C@H](O)C[C@@H]21. The second kappa shape index (κ2) is 8.76. The van der Waals surface area contributed by atoms with Crippen molar-refractivity contribution >= 4 is 0 Å². The molecule has 156 valence electrons. The fourth-order valence-electron chi connectivity index (χ4n) is 4.94. The summed E-state index contributed by atoms with van der Waals surface area (Å²) in [6, 6.07) is 14.8. The summed E-state index contributed by atoms with van der Waals surface area (Å²) < 4.78 is 11.8. The van der Waals surface area contributed by atoms with E-state index in [4.69, 9.17) is 9.47 Å². The Morgan fingerprint density at radius 1 is 1.14 bits per heavy atom. The zero-order valence-corrected chi connectivity index (χ0v) is 17.8. The van der Waals surface area contributed by atoms with E-state index >= 15 is 0 Å². The number of benzene rings is 2. The lowest BCUT2D eigenvalue weighted by Gasteiger charge is -2.46. The van der Waals surface area contributed by atoms with Crippen molar-refractivity contribution in [3.63, 3.8) is 0 Å². The number of hydrogen-bond acceptors (Lipinski definition) is 4. The Morgan fingerprint density at radius 2 is 1.93 bits per heavy atom. The van der Waals surface area contributed by atoms with E-state index in [1.807, 2.05) is 18.2 Å². The molecule has 0 spiro atoms. The van der Waals surface area contributed by atoms with Crippen LogP contribution in [0.3, 0.4) is 0 Å². The Balaban J connectivity index is 1.54. The van der Waals surface area contributed by atoms with Gasteiger partial charge in [0.15, 0.2) is 11.5 Å². The summed E-state index contributed by atoms with van der Waals surface area (Å²) in [5.41, 5.74) is 3.76. The van der Waals surface area contributed by atoms with E-state index < -0.39 is 0 Å². The number of piperidine rings is 1. The van der Waals surface area contributed by atoms with Crippen LogP contribution in [0.25, 0.3) is 0 Å². The van der Waals surface area contributed by atoms with Gasteiger partial charge >= 0.3 is 0 Å². The highest BCUT2D eigenvalue weighted by Crippen LogP contribution is 2.43. The number of fused-ring (bicyclic) bond motifs is 3. The molecular formula is C25H33NO3. The summed E-state index contributed by atoms with van der Waals surface area (Å²) >= 11 is 0. The molecule has 0 saturated carbocycles. The summed E-state index contributed by atoms with van der Waals surface area (Å²) in [5.74, 6) is 2.58. The molecule has 0 aliphatic carbocycles. The monoisotopic (exact) mass is 395 g/mol. The Kier molecular flexibility index (Phi) is 6.12. The summed E-state index contributed by atoms with van der Waals surface area (Å²) in [5, 5.41) is 10.8. The highest BCUT2D eigenvalue weighted by atomic mass is 16.5. The minimum atomic E-state index is -0.232. The molecule has 0 amide bonds. The first kappa shape index (κ1) is 20.2. The topological polar surface area (TPSA) is 41.9 Å². The van der Waals surface area contributed by atoms with Crippen LogP contribution in [0.4, 0.5) is 0 Å². The summed E-state index contributed by atoms with van der Waals surface area (Å²) in [4.78, 5) is 2.56. The van der Waals surface area contributed by atoms with E-state index in [1.54, 1.807) is 7.11 Å². The number of rotatable bonds is 6. The van der Waals surface area contributed by atoms with Crippen LogP contribution in [0.1, 0.15) is 49.4 Å². The lowest BCUT2D eigenvalue weighted by molar-refractivity contribution is -0.0191. The average Bonchev–Trinajstić information content (AvgIpc) is 2.72. The van der Waals surface area contributed by atoms with Crippen molar-refractivity contribution in [2.24, 2.45) is 11.8 Å². The second-order valence-electron chi connectivity index (χ2n) is 8.93. The smallest absolute Gasteiger partial charge is 0.161 e. The first-order chi connectivity index (χ1) is 14.0. The molecule has 4 rings (SSSR count). The number of hydrogen-bond donors (Lipinski definition) is 1. The number of aliphatic hydroxyl groups is 1. The Hall–Kier alpha value is -2.04. The summed E-state index contributed by atoms with van der Waals surface area (Å²) in [6.07, 6.45) is 2.68. The van der Waals surface area contributed by atoms with Crippen molar-refractivity contribution in [1.29, 1.82) is 0 Å². The lowest BCUT2D eigenvalue weighted by Crippen LogP contribution is -2.48. The van der Waals surface area contributed by atoms with Crippen LogP contribution in [0.2, 0.25) is 0 Å². The molecule has 2 aromatic carbocycles. The largest absolute Gasteiger partial charge is 0.493 e. The molecule has 1 fully saturated rings. The van der Waals surface area contributed by atoms with Gasteiger partial charge in [0.25, 0.3) is 0 Å². The third-order valence-electron chi connectivity index (χ3n) is 6.38. The van der Waals surface area contributed by atoms with Crippen molar-refractivity contribution in [3.8, 4) is 11.5 Å². The van der Waals surface area contributed by atoms with Gasteiger partial charge in [-0.05, 0) is 59.9 Å². The van der Waals surface area contributed by atoms with Crippen molar-refractivity contribution in [1.82, 2.24) is 4.90 Å². The van der Waals surface area contributed by atoms with Crippen molar-refractivity contribution in [2.75, 3.05) is 20.2 Å². The van der Waals surface area contributed by atoms with Crippen LogP contribution in [0.15, 0.2) is 42.5 Å². The van der Waals surface area contributed by atoms with Crippen LogP contribution in [0, 0.1) is 11.8 Å². The van der Waals surface area contributed by atoms with Crippen LogP contribution in [-0.2, 0) is 13.0 Å². The van der Waals surface area contributed by atoms with Gasteiger partial charge in [-0.3, -0.25) is 4.90 Å². The molecule has 2 aromatic rings. The number of methoxy groups -OCH3 is 1. The molecule has 2 aliphatic heterocycles. The molecule has 4 nitrogen and oxygen atoms in total.